The standard InChI is InChI=1S/C15H24O/c1-11(10-16)5-4-6-13(3)15-8-7-12(2)14(15)9-15/h5,13-14,16H,2,4,6-10H2,1,3H3/b11-5-. The van der Waals surface area contributed by atoms with Crippen LogP contribution in [-0.4, -0.2) is 11.7 Å². The molecule has 3 atom stereocenters. The Kier molecular flexibility index (Phi) is 3.25. The molecule has 1 N–H and O–H groups in total. The second-order valence-electron chi connectivity index (χ2n) is 5.84. The van der Waals surface area contributed by atoms with Gasteiger partial charge in [0, 0.05) is 0 Å². The van der Waals surface area contributed by atoms with Gasteiger partial charge in [0.15, 0.2) is 0 Å². The number of rotatable bonds is 5. The highest BCUT2D eigenvalue weighted by Crippen LogP contribution is 2.69. The molecule has 0 saturated heterocycles. The SMILES string of the molecule is C=C1CCC2(C(C)CC/C=C(/C)CO)CC12. The summed E-state index contributed by atoms with van der Waals surface area (Å²) in [5.74, 6) is 1.67. The monoisotopic (exact) mass is 220 g/mol. The van der Waals surface area contributed by atoms with E-state index in [1.165, 1.54) is 31.3 Å². The smallest absolute Gasteiger partial charge is 0.0639 e. The lowest BCUT2D eigenvalue weighted by Crippen LogP contribution is -2.11. The Morgan fingerprint density at radius 1 is 1.69 bits per heavy atom. The predicted octanol–water partition coefficient (Wildman–Crippen LogP) is 3.70. The minimum atomic E-state index is 0.207. The molecule has 1 nitrogen and oxygen atoms in total. The van der Waals surface area contributed by atoms with E-state index in [0.29, 0.717) is 5.41 Å². The Morgan fingerprint density at radius 3 is 2.94 bits per heavy atom. The molecule has 90 valence electrons. The van der Waals surface area contributed by atoms with Gasteiger partial charge in [-0.3, -0.25) is 0 Å². The first-order valence-corrected chi connectivity index (χ1v) is 6.54. The minimum Gasteiger partial charge on any atom is -0.392 e. The molecule has 0 aromatic carbocycles. The third-order valence-corrected chi connectivity index (χ3v) is 4.85. The van der Waals surface area contributed by atoms with Crippen LogP contribution in [0.4, 0.5) is 0 Å². The van der Waals surface area contributed by atoms with Crippen molar-refractivity contribution in [2.75, 3.05) is 6.61 Å². The Bertz CT molecular complexity index is 315. The molecule has 0 aromatic rings. The average Bonchev–Trinajstić information content (AvgIpc) is 2.94. The Labute approximate surface area is 99.3 Å². The van der Waals surface area contributed by atoms with Crippen LogP contribution in [0, 0.1) is 17.3 Å². The maximum absolute atomic E-state index is 8.93. The molecule has 0 bridgehead atoms. The van der Waals surface area contributed by atoms with Gasteiger partial charge in [0.05, 0.1) is 6.61 Å². The average molecular weight is 220 g/mol. The molecule has 3 unspecified atom stereocenters. The van der Waals surface area contributed by atoms with Crippen molar-refractivity contribution >= 4 is 0 Å². The van der Waals surface area contributed by atoms with Crippen LogP contribution in [0.3, 0.4) is 0 Å². The largest absolute Gasteiger partial charge is 0.392 e. The van der Waals surface area contributed by atoms with E-state index in [4.69, 9.17) is 5.11 Å². The van der Waals surface area contributed by atoms with Crippen LogP contribution in [0.1, 0.15) is 46.0 Å². The zero-order valence-corrected chi connectivity index (χ0v) is 10.6. The van der Waals surface area contributed by atoms with Gasteiger partial charge in [0.1, 0.15) is 0 Å². The van der Waals surface area contributed by atoms with E-state index in [1.54, 1.807) is 0 Å². The van der Waals surface area contributed by atoms with Gasteiger partial charge in [0.25, 0.3) is 0 Å². The third kappa shape index (κ3) is 1.98. The van der Waals surface area contributed by atoms with Crippen LogP contribution in [0.5, 0.6) is 0 Å². The fourth-order valence-corrected chi connectivity index (χ4v) is 3.44. The lowest BCUT2D eigenvalue weighted by atomic mass is 9.85. The molecule has 2 aliphatic carbocycles. The van der Waals surface area contributed by atoms with Crippen LogP contribution in [0.25, 0.3) is 0 Å². The highest BCUT2D eigenvalue weighted by Gasteiger charge is 2.60. The molecule has 0 heterocycles. The van der Waals surface area contributed by atoms with Crippen LogP contribution in [-0.2, 0) is 0 Å². The van der Waals surface area contributed by atoms with Crippen LogP contribution in [0.15, 0.2) is 23.8 Å². The van der Waals surface area contributed by atoms with Gasteiger partial charge in [0.2, 0.25) is 0 Å². The summed E-state index contributed by atoms with van der Waals surface area (Å²) in [6.45, 7) is 8.79. The first-order valence-electron chi connectivity index (χ1n) is 6.54. The van der Waals surface area contributed by atoms with E-state index in [-0.39, 0.29) is 6.61 Å². The lowest BCUT2D eigenvalue weighted by molar-refractivity contribution is 0.300. The third-order valence-electron chi connectivity index (χ3n) is 4.85. The Balaban J connectivity index is 1.82. The molecule has 0 spiro atoms. The molecule has 2 aliphatic rings. The molecule has 2 fully saturated rings. The van der Waals surface area contributed by atoms with E-state index < -0.39 is 0 Å². The van der Waals surface area contributed by atoms with Crippen molar-refractivity contribution in [1.82, 2.24) is 0 Å². The normalized spacial score (nSPS) is 35.1. The summed E-state index contributed by atoms with van der Waals surface area (Å²) in [6.07, 6.45) is 8.61. The van der Waals surface area contributed by atoms with E-state index in [0.717, 1.165) is 23.8 Å². The molecular weight excluding hydrogens is 196 g/mol. The summed E-state index contributed by atoms with van der Waals surface area (Å²) < 4.78 is 0. The first-order chi connectivity index (χ1) is 7.60. The molecule has 2 rings (SSSR count). The summed E-state index contributed by atoms with van der Waals surface area (Å²) in [5.41, 5.74) is 3.25. The fourth-order valence-electron chi connectivity index (χ4n) is 3.44. The summed E-state index contributed by atoms with van der Waals surface area (Å²) in [7, 11) is 0. The molecule has 0 amide bonds. The zero-order chi connectivity index (χ0) is 11.8. The van der Waals surface area contributed by atoms with Crippen LogP contribution in [0.2, 0.25) is 0 Å². The van der Waals surface area contributed by atoms with Crippen molar-refractivity contribution in [3.05, 3.63) is 23.8 Å². The number of hydrogen-bond acceptors (Lipinski definition) is 1. The van der Waals surface area contributed by atoms with Crippen molar-refractivity contribution < 1.29 is 5.11 Å². The number of allylic oxidation sites excluding steroid dienone is 2. The molecule has 0 radical (unpaired) electrons. The van der Waals surface area contributed by atoms with E-state index in [2.05, 4.69) is 19.6 Å². The minimum absolute atomic E-state index is 0.207. The molecule has 2 saturated carbocycles. The second kappa shape index (κ2) is 4.37. The molecule has 16 heavy (non-hydrogen) atoms. The van der Waals surface area contributed by atoms with E-state index in [1.807, 2.05) is 6.92 Å². The summed E-state index contributed by atoms with van der Waals surface area (Å²) in [5, 5.41) is 8.93. The summed E-state index contributed by atoms with van der Waals surface area (Å²) in [4.78, 5) is 0. The predicted molar refractivity (Wildman–Crippen MR) is 68.2 cm³/mol. The van der Waals surface area contributed by atoms with Crippen molar-refractivity contribution in [1.29, 1.82) is 0 Å². The first kappa shape index (κ1) is 11.9. The maximum Gasteiger partial charge on any atom is 0.0639 e. The molecule has 0 aliphatic heterocycles. The fraction of sp³-hybridized carbons (Fsp3) is 0.733. The van der Waals surface area contributed by atoms with Gasteiger partial charge in [-0.05, 0) is 56.3 Å². The van der Waals surface area contributed by atoms with Crippen LogP contribution >= 0.6 is 0 Å². The number of aliphatic hydroxyl groups excluding tert-OH is 1. The maximum atomic E-state index is 8.93. The van der Waals surface area contributed by atoms with Crippen molar-refractivity contribution in [2.24, 2.45) is 17.3 Å². The number of fused-ring (bicyclic) bond motifs is 1. The van der Waals surface area contributed by atoms with Gasteiger partial charge < -0.3 is 5.11 Å². The van der Waals surface area contributed by atoms with Gasteiger partial charge in [-0.15, -0.1) is 0 Å². The lowest BCUT2D eigenvalue weighted by Gasteiger charge is -2.20. The van der Waals surface area contributed by atoms with E-state index >= 15 is 0 Å². The topological polar surface area (TPSA) is 20.2 Å². The van der Waals surface area contributed by atoms with E-state index in [9.17, 15) is 0 Å². The van der Waals surface area contributed by atoms with Crippen molar-refractivity contribution in [2.45, 2.75) is 46.0 Å². The molecular formula is C15H24O. The van der Waals surface area contributed by atoms with Gasteiger partial charge in [-0.1, -0.05) is 30.7 Å². The second-order valence-corrected chi connectivity index (χ2v) is 5.84. The zero-order valence-electron chi connectivity index (χ0n) is 10.6. The molecule has 1 heteroatoms. The quantitative estimate of drug-likeness (QED) is 0.700. The Hall–Kier alpha value is -0.560. The summed E-state index contributed by atoms with van der Waals surface area (Å²) >= 11 is 0. The number of hydrogen-bond donors (Lipinski definition) is 1. The Morgan fingerprint density at radius 2 is 2.44 bits per heavy atom. The van der Waals surface area contributed by atoms with Gasteiger partial charge in [-0.25, -0.2) is 0 Å². The van der Waals surface area contributed by atoms with Crippen LogP contribution < -0.4 is 0 Å². The van der Waals surface area contributed by atoms with Crippen molar-refractivity contribution in [3.63, 3.8) is 0 Å². The van der Waals surface area contributed by atoms with Crippen molar-refractivity contribution in [3.8, 4) is 0 Å². The highest BCUT2D eigenvalue weighted by atomic mass is 16.3. The number of aliphatic hydroxyl groups is 1. The van der Waals surface area contributed by atoms with Gasteiger partial charge >= 0.3 is 0 Å². The summed E-state index contributed by atoms with van der Waals surface area (Å²) in [6, 6.07) is 0. The molecule has 0 aromatic heterocycles. The highest BCUT2D eigenvalue weighted by molar-refractivity contribution is 5.26. The van der Waals surface area contributed by atoms with Gasteiger partial charge in [-0.2, -0.15) is 0 Å².